The Morgan fingerprint density at radius 2 is 1.92 bits per heavy atom. The van der Waals surface area contributed by atoms with Gasteiger partial charge in [0, 0.05) is 19.2 Å². The number of aromatic amines is 1. The van der Waals surface area contributed by atoms with Crippen LogP contribution in [-0.2, 0) is 32.5 Å². The molecular weight excluding hydrogens is 344 g/mol. The summed E-state index contributed by atoms with van der Waals surface area (Å²) in [5, 5.41) is 0. The number of fused-ring (bicyclic) bond motifs is 1. The Bertz CT molecular complexity index is 890. The summed E-state index contributed by atoms with van der Waals surface area (Å²) in [6.07, 6.45) is 2.88. The number of carbonyl (C=O) groups is 2. The van der Waals surface area contributed by atoms with Crippen molar-refractivity contribution in [2.24, 2.45) is 0 Å². The van der Waals surface area contributed by atoms with Crippen molar-refractivity contribution >= 4 is 21.8 Å². The van der Waals surface area contributed by atoms with E-state index in [2.05, 4.69) is 4.98 Å². The second-order valence-electron chi connectivity index (χ2n) is 5.91. The van der Waals surface area contributed by atoms with Gasteiger partial charge < -0.3 is 9.72 Å². The number of H-pyrrole nitrogens is 1. The second kappa shape index (κ2) is 6.81. The summed E-state index contributed by atoms with van der Waals surface area (Å²) >= 11 is 0. The largest absolute Gasteiger partial charge is 0.456 e. The van der Waals surface area contributed by atoms with Gasteiger partial charge in [0.25, 0.3) is 0 Å². The van der Waals surface area contributed by atoms with Gasteiger partial charge in [-0.15, -0.1) is 0 Å². The minimum absolute atomic E-state index is 0.110. The molecule has 1 aromatic heterocycles. The van der Waals surface area contributed by atoms with Crippen molar-refractivity contribution in [3.05, 3.63) is 59.4 Å². The molecule has 3 rings (SSSR count). The Hall–Kier alpha value is -2.45. The van der Waals surface area contributed by atoms with Gasteiger partial charge >= 0.3 is 5.97 Å². The highest BCUT2D eigenvalue weighted by Crippen LogP contribution is 2.26. The zero-order chi connectivity index (χ0) is 18.0. The van der Waals surface area contributed by atoms with E-state index in [9.17, 15) is 18.0 Å². The molecule has 0 saturated carbocycles. The zero-order valence-electron chi connectivity index (χ0n) is 13.6. The van der Waals surface area contributed by atoms with E-state index in [0.29, 0.717) is 5.69 Å². The first-order valence-corrected chi connectivity index (χ1v) is 9.58. The lowest BCUT2D eigenvalue weighted by atomic mass is 9.96. The van der Waals surface area contributed by atoms with E-state index in [4.69, 9.17) is 4.74 Å². The number of Topliss-reactive ketones (excluding diaryl/α,β-unsaturated/α-hetero) is 1. The predicted molar refractivity (Wildman–Crippen MR) is 90.4 cm³/mol. The molecule has 1 aliphatic rings. The molecule has 0 bridgehead atoms. The van der Waals surface area contributed by atoms with Gasteiger partial charge in [0.2, 0.25) is 15.8 Å². The standard InChI is InChI=1S/C17H18N2O5S/c1-25(22,23)19-10-13-6-3-2-5-12(13)9-15(19)17(21)24-11-16(20)14-7-4-8-18-14/h2-8,15,18H,9-11H2,1H3. The Kier molecular flexibility index (Phi) is 4.73. The van der Waals surface area contributed by atoms with Crippen molar-refractivity contribution in [3.8, 4) is 0 Å². The number of ketones is 1. The maximum Gasteiger partial charge on any atom is 0.325 e. The van der Waals surface area contributed by atoms with Crippen molar-refractivity contribution in [1.82, 2.24) is 9.29 Å². The molecule has 7 nitrogen and oxygen atoms in total. The van der Waals surface area contributed by atoms with Gasteiger partial charge in [-0.05, 0) is 23.3 Å². The van der Waals surface area contributed by atoms with Crippen LogP contribution in [0, 0.1) is 0 Å². The first-order valence-electron chi connectivity index (χ1n) is 7.73. The lowest BCUT2D eigenvalue weighted by molar-refractivity contribution is -0.147. The predicted octanol–water partition coefficient (Wildman–Crippen LogP) is 1.13. The summed E-state index contributed by atoms with van der Waals surface area (Å²) in [7, 11) is -3.60. The summed E-state index contributed by atoms with van der Waals surface area (Å²) < 4.78 is 30.4. The third kappa shape index (κ3) is 3.80. The van der Waals surface area contributed by atoms with E-state index >= 15 is 0 Å². The molecule has 0 radical (unpaired) electrons. The number of esters is 1. The smallest absolute Gasteiger partial charge is 0.325 e. The Morgan fingerprint density at radius 1 is 1.20 bits per heavy atom. The molecule has 2 heterocycles. The maximum absolute atomic E-state index is 12.4. The molecule has 2 aromatic rings. The van der Waals surface area contributed by atoms with Gasteiger partial charge in [-0.1, -0.05) is 24.3 Å². The van der Waals surface area contributed by atoms with E-state index in [0.717, 1.165) is 21.7 Å². The summed E-state index contributed by atoms with van der Waals surface area (Å²) in [6.45, 7) is -0.325. The molecule has 0 fully saturated rings. The Labute approximate surface area is 145 Å². The second-order valence-corrected chi connectivity index (χ2v) is 7.85. The molecule has 132 valence electrons. The van der Waals surface area contributed by atoms with Crippen molar-refractivity contribution < 1.29 is 22.7 Å². The number of hydrogen-bond acceptors (Lipinski definition) is 5. The molecule has 1 atom stereocenters. The fraction of sp³-hybridized carbons (Fsp3) is 0.294. The average molecular weight is 362 g/mol. The molecule has 1 aliphatic heterocycles. The number of ether oxygens (including phenoxy) is 1. The molecule has 0 saturated heterocycles. The topological polar surface area (TPSA) is 96.5 Å². The van der Waals surface area contributed by atoms with Crippen LogP contribution in [0.3, 0.4) is 0 Å². The van der Waals surface area contributed by atoms with Crippen LogP contribution in [0.25, 0.3) is 0 Å². The number of benzene rings is 1. The lowest BCUT2D eigenvalue weighted by Gasteiger charge is -2.33. The van der Waals surface area contributed by atoms with Crippen molar-refractivity contribution in [2.45, 2.75) is 19.0 Å². The van der Waals surface area contributed by atoms with E-state index in [1.54, 1.807) is 18.3 Å². The van der Waals surface area contributed by atoms with Gasteiger partial charge in [0.05, 0.1) is 11.9 Å². The molecule has 0 spiro atoms. The van der Waals surface area contributed by atoms with Crippen LogP contribution in [0.15, 0.2) is 42.6 Å². The lowest BCUT2D eigenvalue weighted by Crippen LogP contribution is -2.49. The van der Waals surface area contributed by atoms with Crippen LogP contribution < -0.4 is 0 Å². The molecule has 0 aliphatic carbocycles. The van der Waals surface area contributed by atoms with Gasteiger partial charge in [0.1, 0.15) is 6.04 Å². The van der Waals surface area contributed by atoms with Crippen LogP contribution in [0.2, 0.25) is 0 Å². The number of rotatable bonds is 5. The van der Waals surface area contributed by atoms with Gasteiger partial charge in [-0.3, -0.25) is 9.59 Å². The summed E-state index contributed by atoms with van der Waals surface area (Å²) in [6, 6.07) is 9.64. The van der Waals surface area contributed by atoms with Crippen LogP contribution in [-0.4, -0.2) is 48.4 Å². The third-order valence-corrected chi connectivity index (χ3v) is 5.38. The quantitative estimate of drug-likeness (QED) is 0.635. The minimum atomic E-state index is -3.60. The molecule has 1 N–H and O–H groups in total. The third-order valence-electron chi connectivity index (χ3n) is 4.15. The summed E-state index contributed by atoms with van der Waals surface area (Å²) in [5.74, 6) is -1.10. The van der Waals surface area contributed by atoms with Crippen molar-refractivity contribution in [2.75, 3.05) is 12.9 Å². The van der Waals surface area contributed by atoms with Crippen molar-refractivity contribution in [3.63, 3.8) is 0 Å². The van der Waals surface area contributed by atoms with Crippen LogP contribution in [0.1, 0.15) is 21.6 Å². The number of hydrogen-bond donors (Lipinski definition) is 1. The van der Waals surface area contributed by atoms with Gasteiger partial charge in [-0.2, -0.15) is 4.31 Å². The van der Waals surface area contributed by atoms with E-state index in [-0.39, 0.29) is 18.7 Å². The van der Waals surface area contributed by atoms with Crippen LogP contribution >= 0.6 is 0 Å². The van der Waals surface area contributed by atoms with E-state index in [1.165, 1.54) is 0 Å². The molecule has 0 amide bonds. The Balaban J connectivity index is 1.76. The first-order chi connectivity index (χ1) is 11.9. The van der Waals surface area contributed by atoms with E-state index in [1.807, 2.05) is 24.3 Å². The van der Waals surface area contributed by atoms with Crippen LogP contribution in [0.5, 0.6) is 0 Å². The fourth-order valence-corrected chi connectivity index (χ4v) is 3.86. The highest BCUT2D eigenvalue weighted by molar-refractivity contribution is 7.88. The maximum atomic E-state index is 12.4. The molecule has 25 heavy (non-hydrogen) atoms. The van der Waals surface area contributed by atoms with E-state index < -0.39 is 28.6 Å². The molecular formula is C17H18N2O5S. The van der Waals surface area contributed by atoms with Crippen LogP contribution in [0.4, 0.5) is 0 Å². The highest BCUT2D eigenvalue weighted by Gasteiger charge is 2.38. The minimum Gasteiger partial charge on any atom is -0.456 e. The molecule has 8 heteroatoms. The monoisotopic (exact) mass is 362 g/mol. The number of nitrogens with one attached hydrogen (secondary N) is 1. The SMILES string of the molecule is CS(=O)(=O)N1Cc2ccccc2CC1C(=O)OCC(=O)c1ccc[nH]1. The summed E-state index contributed by atoms with van der Waals surface area (Å²) in [4.78, 5) is 27.1. The van der Waals surface area contributed by atoms with Crippen molar-refractivity contribution in [1.29, 1.82) is 0 Å². The first kappa shape index (κ1) is 17.4. The fourth-order valence-electron chi connectivity index (χ4n) is 2.86. The average Bonchev–Trinajstić information content (AvgIpc) is 3.12. The number of carbonyl (C=O) groups excluding carboxylic acids is 2. The highest BCUT2D eigenvalue weighted by atomic mass is 32.2. The number of aromatic nitrogens is 1. The van der Waals surface area contributed by atoms with Gasteiger partial charge in [-0.25, -0.2) is 8.42 Å². The molecule has 1 unspecified atom stereocenters. The Morgan fingerprint density at radius 3 is 2.56 bits per heavy atom. The number of nitrogens with zero attached hydrogens (tertiary/aromatic N) is 1. The molecule has 1 aromatic carbocycles. The normalized spacial score (nSPS) is 17.7. The zero-order valence-corrected chi connectivity index (χ0v) is 14.5. The number of sulfonamides is 1. The van der Waals surface area contributed by atoms with Gasteiger partial charge in [0.15, 0.2) is 6.61 Å². The summed E-state index contributed by atoms with van der Waals surface area (Å²) in [5.41, 5.74) is 2.10.